The maximum Gasteiger partial charge on any atom is 0.258 e. The highest BCUT2D eigenvalue weighted by molar-refractivity contribution is 6.08. The quantitative estimate of drug-likeness (QED) is 0.791. The van der Waals surface area contributed by atoms with Crippen molar-refractivity contribution in [2.45, 2.75) is 58.4 Å². The third-order valence-corrected chi connectivity index (χ3v) is 5.81. The minimum atomic E-state index is -0.296. The molecule has 1 saturated carbocycles. The SMILES string of the molecule is Cc1ccc2c(=O)n([C@H](C)CO)ccc2c1C(=O)NCC1CCCCCC1. The first-order valence-electron chi connectivity index (χ1n) is 10.1. The Morgan fingerprint density at radius 3 is 2.56 bits per heavy atom. The van der Waals surface area contributed by atoms with E-state index in [1.807, 2.05) is 19.1 Å². The van der Waals surface area contributed by atoms with Gasteiger partial charge in [-0.15, -0.1) is 0 Å². The van der Waals surface area contributed by atoms with E-state index in [-0.39, 0.29) is 24.1 Å². The summed E-state index contributed by atoms with van der Waals surface area (Å²) in [5, 5.41) is 13.7. The Hall–Kier alpha value is -2.14. The number of hydrogen-bond donors (Lipinski definition) is 2. The first kappa shape index (κ1) is 19.6. The van der Waals surface area contributed by atoms with E-state index >= 15 is 0 Å². The molecule has 0 unspecified atom stereocenters. The lowest BCUT2D eigenvalue weighted by Crippen LogP contribution is -2.30. The predicted molar refractivity (Wildman–Crippen MR) is 108 cm³/mol. The van der Waals surface area contributed by atoms with Crippen LogP contribution < -0.4 is 10.9 Å². The number of amides is 1. The second-order valence-electron chi connectivity index (χ2n) is 7.85. The van der Waals surface area contributed by atoms with Crippen LogP contribution in [0.15, 0.2) is 29.2 Å². The normalized spacial score (nSPS) is 16.9. The largest absolute Gasteiger partial charge is 0.394 e. The second kappa shape index (κ2) is 8.70. The summed E-state index contributed by atoms with van der Waals surface area (Å²) >= 11 is 0. The van der Waals surface area contributed by atoms with Crippen LogP contribution in [0, 0.1) is 12.8 Å². The molecule has 5 heteroatoms. The molecule has 1 aromatic carbocycles. The Balaban J connectivity index is 1.88. The molecule has 1 atom stereocenters. The van der Waals surface area contributed by atoms with Crippen LogP contribution in [0.5, 0.6) is 0 Å². The summed E-state index contributed by atoms with van der Waals surface area (Å²) in [7, 11) is 0. The van der Waals surface area contributed by atoms with Crippen LogP contribution in [-0.4, -0.2) is 28.7 Å². The summed E-state index contributed by atoms with van der Waals surface area (Å²) in [6.45, 7) is 4.29. The standard InChI is InChI=1S/C22H30N2O3/c1-15-9-10-19-18(11-12-24(22(19)27)16(2)14-25)20(15)21(26)23-13-17-7-5-3-4-6-8-17/h9-12,16-17,25H,3-8,13-14H2,1-2H3,(H,23,26)/t16-/m1/s1. The number of aryl methyl sites for hydroxylation is 1. The van der Waals surface area contributed by atoms with E-state index in [2.05, 4.69) is 5.32 Å². The number of benzene rings is 1. The summed E-state index contributed by atoms with van der Waals surface area (Å²) in [4.78, 5) is 25.7. The molecule has 3 rings (SSSR count). The van der Waals surface area contributed by atoms with Gasteiger partial charge in [-0.05, 0) is 50.3 Å². The van der Waals surface area contributed by atoms with Crippen molar-refractivity contribution in [2.75, 3.05) is 13.2 Å². The van der Waals surface area contributed by atoms with Crippen LogP contribution in [0.1, 0.15) is 67.4 Å². The lowest BCUT2D eigenvalue weighted by molar-refractivity contribution is 0.0947. The van der Waals surface area contributed by atoms with Gasteiger partial charge in [0.1, 0.15) is 0 Å². The maximum atomic E-state index is 12.9. The van der Waals surface area contributed by atoms with Crippen LogP contribution in [-0.2, 0) is 0 Å². The Morgan fingerprint density at radius 2 is 1.89 bits per heavy atom. The van der Waals surface area contributed by atoms with Crippen molar-refractivity contribution in [1.29, 1.82) is 0 Å². The number of carbonyl (C=O) groups excluding carboxylic acids is 1. The molecule has 0 spiro atoms. The van der Waals surface area contributed by atoms with E-state index in [0.717, 1.165) is 5.56 Å². The molecule has 0 bridgehead atoms. The fourth-order valence-electron chi connectivity index (χ4n) is 4.08. The van der Waals surface area contributed by atoms with Gasteiger partial charge >= 0.3 is 0 Å². The van der Waals surface area contributed by atoms with E-state index in [4.69, 9.17) is 0 Å². The highest BCUT2D eigenvalue weighted by atomic mass is 16.3. The first-order valence-corrected chi connectivity index (χ1v) is 10.1. The lowest BCUT2D eigenvalue weighted by Gasteiger charge is -2.17. The monoisotopic (exact) mass is 370 g/mol. The fourth-order valence-corrected chi connectivity index (χ4v) is 4.08. The smallest absolute Gasteiger partial charge is 0.258 e. The molecular weight excluding hydrogens is 340 g/mol. The highest BCUT2D eigenvalue weighted by Crippen LogP contribution is 2.23. The van der Waals surface area contributed by atoms with Crippen molar-refractivity contribution in [2.24, 2.45) is 5.92 Å². The molecule has 1 fully saturated rings. The topological polar surface area (TPSA) is 71.3 Å². The average Bonchev–Trinajstić information content (AvgIpc) is 2.94. The third kappa shape index (κ3) is 4.24. The van der Waals surface area contributed by atoms with Crippen molar-refractivity contribution in [1.82, 2.24) is 9.88 Å². The van der Waals surface area contributed by atoms with Crippen molar-refractivity contribution in [3.8, 4) is 0 Å². The summed E-state index contributed by atoms with van der Waals surface area (Å²) in [6, 6.07) is 5.13. The molecule has 27 heavy (non-hydrogen) atoms. The third-order valence-electron chi connectivity index (χ3n) is 5.81. The molecule has 2 aromatic rings. The number of pyridine rings is 1. The van der Waals surface area contributed by atoms with Gasteiger partial charge in [0.05, 0.1) is 18.2 Å². The highest BCUT2D eigenvalue weighted by Gasteiger charge is 2.18. The number of hydrogen-bond acceptors (Lipinski definition) is 3. The zero-order chi connectivity index (χ0) is 19.4. The van der Waals surface area contributed by atoms with E-state index in [9.17, 15) is 14.7 Å². The fraction of sp³-hybridized carbons (Fsp3) is 0.545. The molecule has 1 heterocycles. The Kier molecular flexibility index (Phi) is 6.32. The molecule has 1 aliphatic carbocycles. The molecule has 2 N–H and O–H groups in total. The van der Waals surface area contributed by atoms with Gasteiger partial charge in [-0.3, -0.25) is 9.59 Å². The average molecular weight is 370 g/mol. The van der Waals surface area contributed by atoms with Gasteiger partial charge in [-0.25, -0.2) is 0 Å². The lowest BCUT2D eigenvalue weighted by atomic mass is 9.98. The molecule has 146 valence electrons. The van der Waals surface area contributed by atoms with E-state index in [0.29, 0.717) is 28.8 Å². The summed E-state index contributed by atoms with van der Waals surface area (Å²) in [5.41, 5.74) is 1.28. The Morgan fingerprint density at radius 1 is 1.19 bits per heavy atom. The van der Waals surface area contributed by atoms with Gasteiger partial charge in [0, 0.05) is 23.5 Å². The molecular formula is C22H30N2O3. The van der Waals surface area contributed by atoms with E-state index < -0.39 is 0 Å². The minimum Gasteiger partial charge on any atom is -0.394 e. The Bertz CT molecular complexity index is 864. The number of aliphatic hydroxyl groups excluding tert-OH is 1. The minimum absolute atomic E-state index is 0.102. The van der Waals surface area contributed by atoms with Crippen LogP contribution in [0.2, 0.25) is 0 Å². The zero-order valence-electron chi connectivity index (χ0n) is 16.3. The summed E-state index contributed by atoms with van der Waals surface area (Å²) in [5.74, 6) is 0.448. The predicted octanol–water partition coefficient (Wildman–Crippen LogP) is 3.56. The summed E-state index contributed by atoms with van der Waals surface area (Å²) < 4.78 is 1.52. The van der Waals surface area contributed by atoms with Crippen LogP contribution in [0.3, 0.4) is 0 Å². The van der Waals surface area contributed by atoms with Crippen molar-refractivity contribution >= 4 is 16.7 Å². The number of rotatable bonds is 5. The molecule has 1 aliphatic rings. The Labute approximate surface area is 160 Å². The van der Waals surface area contributed by atoms with Crippen LogP contribution in [0.25, 0.3) is 10.8 Å². The van der Waals surface area contributed by atoms with Gasteiger partial charge in [-0.2, -0.15) is 0 Å². The van der Waals surface area contributed by atoms with Crippen molar-refractivity contribution in [3.63, 3.8) is 0 Å². The number of fused-ring (bicyclic) bond motifs is 1. The molecule has 0 radical (unpaired) electrons. The van der Waals surface area contributed by atoms with Gasteiger partial charge in [0.25, 0.3) is 11.5 Å². The molecule has 0 saturated heterocycles. The van der Waals surface area contributed by atoms with E-state index in [1.165, 1.54) is 43.1 Å². The van der Waals surface area contributed by atoms with Crippen LogP contribution in [0.4, 0.5) is 0 Å². The van der Waals surface area contributed by atoms with Crippen molar-refractivity contribution < 1.29 is 9.90 Å². The van der Waals surface area contributed by atoms with Crippen molar-refractivity contribution in [3.05, 3.63) is 45.9 Å². The first-order chi connectivity index (χ1) is 13.0. The number of nitrogens with one attached hydrogen (secondary N) is 1. The van der Waals surface area contributed by atoms with Gasteiger partial charge in [0.2, 0.25) is 0 Å². The zero-order valence-corrected chi connectivity index (χ0v) is 16.3. The van der Waals surface area contributed by atoms with Gasteiger partial charge < -0.3 is 15.0 Å². The molecule has 5 nitrogen and oxygen atoms in total. The molecule has 0 aliphatic heterocycles. The number of aliphatic hydroxyl groups is 1. The number of aromatic nitrogens is 1. The van der Waals surface area contributed by atoms with Gasteiger partial charge in [-0.1, -0.05) is 31.7 Å². The summed E-state index contributed by atoms with van der Waals surface area (Å²) in [6.07, 6.45) is 9.12. The van der Waals surface area contributed by atoms with Gasteiger partial charge in [0.15, 0.2) is 0 Å². The molecule has 1 amide bonds. The maximum absolute atomic E-state index is 12.9. The number of nitrogens with zero attached hydrogens (tertiary/aromatic N) is 1. The van der Waals surface area contributed by atoms with Crippen LogP contribution >= 0.6 is 0 Å². The van der Waals surface area contributed by atoms with E-state index in [1.54, 1.807) is 19.2 Å². The number of carbonyl (C=O) groups is 1. The second-order valence-corrected chi connectivity index (χ2v) is 7.85. The molecule has 1 aromatic heterocycles.